The van der Waals surface area contributed by atoms with Crippen molar-refractivity contribution in [3.05, 3.63) is 0 Å². The summed E-state index contributed by atoms with van der Waals surface area (Å²) >= 11 is 0. The fourth-order valence-corrected chi connectivity index (χ4v) is 2.25. The number of carboxylic acids is 1. The standard InChI is InChI=1S/C16H30N2O4/c1-5-6-7-8-9-13(16(21)22)18-15(20)14(10-11(2)3)17-12(4)19/h11,13-14H,5-10H2,1-4H3,(H,17,19)(H,18,20)(H,21,22)/t13-,14-/m0/s1. The molecule has 0 bridgehead atoms. The quantitative estimate of drug-likeness (QED) is 0.509. The number of nitrogens with one attached hydrogen (secondary N) is 2. The van der Waals surface area contributed by atoms with Crippen LogP contribution in [0.3, 0.4) is 0 Å². The second-order valence-corrected chi connectivity index (χ2v) is 6.13. The zero-order chi connectivity index (χ0) is 17.1. The lowest BCUT2D eigenvalue weighted by Gasteiger charge is -2.22. The van der Waals surface area contributed by atoms with Gasteiger partial charge in [-0.15, -0.1) is 0 Å². The van der Waals surface area contributed by atoms with Crippen molar-refractivity contribution in [3.8, 4) is 0 Å². The Labute approximate surface area is 133 Å². The molecule has 0 rings (SSSR count). The summed E-state index contributed by atoms with van der Waals surface area (Å²) in [6, 6.07) is -1.58. The van der Waals surface area contributed by atoms with E-state index >= 15 is 0 Å². The van der Waals surface area contributed by atoms with E-state index in [2.05, 4.69) is 17.6 Å². The van der Waals surface area contributed by atoms with Crippen LogP contribution in [0.4, 0.5) is 0 Å². The van der Waals surface area contributed by atoms with Crippen molar-refractivity contribution < 1.29 is 19.5 Å². The van der Waals surface area contributed by atoms with Gasteiger partial charge in [-0.2, -0.15) is 0 Å². The highest BCUT2D eigenvalue weighted by atomic mass is 16.4. The Balaban J connectivity index is 4.60. The van der Waals surface area contributed by atoms with Crippen LogP contribution in [-0.4, -0.2) is 35.0 Å². The first-order valence-corrected chi connectivity index (χ1v) is 8.08. The Hall–Kier alpha value is -1.59. The fourth-order valence-electron chi connectivity index (χ4n) is 2.25. The van der Waals surface area contributed by atoms with Gasteiger partial charge in [0.25, 0.3) is 0 Å². The molecular formula is C16H30N2O4. The van der Waals surface area contributed by atoms with E-state index in [0.29, 0.717) is 12.8 Å². The summed E-state index contributed by atoms with van der Waals surface area (Å²) in [7, 11) is 0. The summed E-state index contributed by atoms with van der Waals surface area (Å²) in [6.45, 7) is 7.32. The van der Waals surface area contributed by atoms with Crippen LogP contribution in [-0.2, 0) is 14.4 Å². The minimum atomic E-state index is -1.03. The van der Waals surface area contributed by atoms with Gasteiger partial charge in [0.1, 0.15) is 12.1 Å². The molecule has 22 heavy (non-hydrogen) atoms. The lowest BCUT2D eigenvalue weighted by molar-refractivity contribution is -0.142. The van der Waals surface area contributed by atoms with Crippen LogP contribution in [0.25, 0.3) is 0 Å². The molecule has 0 fully saturated rings. The summed E-state index contributed by atoms with van der Waals surface area (Å²) in [6.07, 6.45) is 4.74. The fraction of sp³-hybridized carbons (Fsp3) is 0.812. The third-order valence-electron chi connectivity index (χ3n) is 3.36. The number of carboxylic acid groups (broad SMARTS) is 1. The van der Waals surface area contributed by atoms with Gasteiger partial charge in [0.15, 0.2) is 0 Å². The van der Waals surface area contributed by atoms with Gasteiger partial charge < -0.3 is 15.7 Å². The lowest BCUT2D eigenvalue weighted by Crippen LogP contribution is -2.51. The van der Waals surface area contributed by atoms with E-state index in [1.807, 2.05) is 13.8 Å². The normalized spacial score (nSPS) is 13.5. The van der Waals surface area contributed by atoms with E-state index in [9.17, 15) is 19.5 Å². The van der Waals surface area contributed by atoms with Crippen LogP contribution < -0.4 is 10.6 Å². The summed E-state index contributed by atoms with van der Waals surface area (Å²) in [5, 5.41) is 14.4. The molecule has 128 valence electrons. The van der Waals surface area contributed by atoms with Gasteiger partial charge in [-0.3, -0.25) is 9.59 Å². The van der Waals surface area contributed by atoms with Gasteiger partial charge >= 0.3 is 5.97 Å². The van der Waals surface area contributed by atoms with Crippen molar-refractivity contribution >= 4 is 17.8 Å². The minimum Gasteiger partial charge on any atom is -0.480 e. The summed E-state index contributed by atoms with van der Waals surface area (Å²) in [5.74, 6) is -1.53. The van der Waals surface area contributed by atoms with Gasteiger partial charge in [0.2, 0.25) is 11.8 Å². The SMILES string of the molecule is CCCCCC[C@H](NC(=O)[C@H](CC(C)C)NC(C)=O)C(=O)O. The Kier molecular flexibility index (Phi) is 10.2. The molecule has 0 saturated heterocycles. The highest BCUT2D eigenvalue weighted by Crippen LogP contribution is 2.09. The smallest absolute Gasteiger partial charge is 0.326 e. The second kappa shape index (κ2) is 11.0. The van der Waals surface area contributed by atoms with Crippen molar-refractivity contribution in [2.75, 3.05) is 0 Å². The first-order valence-electron chi connectivity index (χ1n) is 8.08. The molecular weight excluding hydrogens is 284 g/mol. The van der Waals surface area contributed by atoms with Crippen molar-refractivity contribution in [1.29, 1.82) is 0 Å². The molecule has 0 aliphatic heterocycles. The van der Waals surface area contributed by atoms with E-state index in [4.69, 9.17) is 0 Å². The van der Waals surface area contributed by atoms with Gasteiger partial charge in [-0.05, 0) is 18.8 Å². The molecule has 2 amide bonds. The number of unbranched alkanes of at least 4 members (excludes halogenated alkanes) is 3. The molecule has 0 radical (unpaired) electrons. The molecule has 0 aromatic carbocycles. The summed E-state index contributed by atoms with van der Waals surface area (Å²) in [4.78, 5) is 34.7. The van der Waals surface area contributed by atoms with E-state index in [-0.39, 0.29) is 11.8 Å². The molecule has 0 saturated carbocycles. The predicted molar refractivity (Wildman–Crippen MR) is 85.4 cm³/mol. The second-order valence-electron chi connectivity index (χ2n) is 6.13. The van der Waals surface area contributed by atoms with Gasteiger partial charge in [0, 0.05) is 6.92 Å². The summed E-state index contributed by atoms with van der Waals surface area (Å²) in [5.41, 5.74) is 0. The minimum absolute atomic E-state index is 0.218. The van der Waals surface area contributed by atoms with E-state index < -0.39 is 24.0 Å². The lowest BCUT2D eigenvalue weighted by atomic mass is 10.0. The maximum atomic E-state index is 12.2. The van der Waals surface area contributed by atoms with Crippen molar-refractivity contribution in [1.82, 2.24) is 10.6 Å². The molecule has 0 spiro atoms. The molecule has 0 aliphatic carbocycles. The maximum Gasteiger partial charge on any atom is 0.326 e. The molecule has 0 heterocycles. The van der Waals surface area contributed by atoms with Crippen molar-refractivity contribution in [2.24, 2.45) is 5.92 Å². The molecule has 3 N–H and O–H groups in total. The first kappa shape index (κ1) is 20.4. The average Bonchev–Trinajstić information content (AvgIpc) is 2.39. The van der Waals surface area contributed by atoms with E-state index in [0.717, 1.165) is 25.7 Å². The van der Waals surface area contributed by atoms with Gasteiger partial charge in [-0.1, -0.05) is 46.5 Å². The third-order valence-corrected chi connectivity index (χ3v) is 3.36. The number of hydrogen-bond donors (Lipinski definition) is 3. The molecule has 2 atom stereocenters. The number of amides is 2. The van der Waals surface area contributed by atoms with Crippen LogP contribution >= 0.6 is 0 Å². The number of carbonyl (C=O) groups excluding carboxylic acids is 2. The Morgan fingerprint density at radius 3 is 2.09 bits per heavy atom. The monoisotopic (exact) mass is 314 g/mol. The largest absolute Gasteiger partial charge is 0.480 e. The topological polar surface area (TPSA) is 95.5 Å². The Bertz CT molecular complexity index is 369. The highest BCUT2D eigenvalue weighted by Gasteiger charge is 2.26. The van der Waals surface area contributed by atoms with Crippen LogP contribution in [0.1, 0.15) is 66.2 Å². The van der Waals surface area contributed by atoms with E-state index in [1.165, 1.54) is 6.92 Å². The van der Waals surface area contributed by atoms with Gasteiger partial charge in [-0.25, -0.2) is 4.79 Å². The first-order chi connectivity index (χ1) is 10.3. The number of hydrogen-bond acceptors (Lipinski definition) is 3. The van der Waals surface area contributed by atoms with Crippen LogP contribution in [0.15, 0.2) is 0 Å². The average molecular weight is 314 g/mol. The van der Waals surface area contributed by atoms with Crippen molar-refractivity contribution in [2.45, 2.75) is 78.3 Å². The molecule has 6 heteroatoms. The van der Waals surface area contributed by atoms with Gasteiger partial charge in [0.05, 0.1) is 0 Å². The van der Waals surface area contributed by atoms with Crippen LogP contribution in [0, 0.1) is 5.92 Å². The molecule has 6 nitrogen and oxygen atoms in total. The maximum absolute atomic E-state index is 12.2. The van der Waals surface area contributed by atoms with E-state index in [1.54, 1.807) is 0 Å². The Morgan fingerprint density at radius 2 is 1.64 bits per heavy atom. The van der Waals surface area contributed by atoms with Crippen LogP contribution in [0.2, 0.25) is 0 Å². The number of rotatable bonds is 11. The predicted octanol–water partition coefficient (Wildman–Crippen LogP) is 2.08. The third kappa shape index (κ3) is 9.37. The van der Waals surface area contributed by atoms with Crippen LogP contribution in [0.5, 0.6) is 0 Å². The molecule has 0 aliphatic rings. The number of carbonyl (C=O) groups is 3. The molecule has 0 aromatic heterocycles. The zero-order valence-corrected chi connectivity index (χ0v) is 14.1. The summed E-state index contributed by atoms with van der Waals surface area (Å²) < 4.78 is 0. The molecule has 0 unspecified atom stereocenters. The zero-order valence-electron chi connectivity index (χ0n) is 14.1. The molecule has 0 aromatic rings. The Morgan fingerprint density at radius 1 is 1.00 bits per heavy atom. The number of aliphatic carboxylic acids is 1. The van der Waals surface area contributed by atoms with Crippen molar-refractivity contribution in [3.63, 3.8) is 0 Å². The highest BCUT2D eigenvalue weighted by molar-refractivity contribution is 5.89.